The fraction of sp³-hybridized carbons (Fsp3) is 0.250. The number of hydrogen-bond donors (Lipinski definition) is 0. The first-order valence-electron chi connectivity index (χ1n) is 4.85. The van der Waals surface area contributed by atoms with E-state index in [1.165, 1.54) is 0 Å². The van der Waals surface area contributed by atoms with Crippen LogP contribution in [0.3, 0.4) is 0 Å². The van der Waals surface area contributed by atoms with Crippen molar-refractivity contribution in [2.24, 2.45) is 0 Å². The minimum absolute atomic E-state index is 0.347. The van der Waals surface area contributed by atoms with Crippen molar-refractivity contribution < 1.29 is 9.53 Å². The summed E-state index contributed by atoms with van der Waals surface area (Å²) in [6.07, 6.45) is 1.63. The van der Waals surface area contributed by atoms with Gasteiger partial charge in [-0.1, -0.05) is 29.3 Å². The highest BCUT2D eigenvalue weighted by Crippen LogP contribution is 2.26. The average molecular weight is 259 g/mol. The smallest absolute Gasteiger partial charge is 0.333 e. The Hall–Kier alpha value is -0.990. The molecule has 0 aliphatic carbocycles. The Balaban J connectivity index is 3.02. The number of carbonyl (C=O) groups is 1. The molecule has 0 atom stereocenters. The van der Waals surface area contributed by atoms with Gasteiger partial charge in [0.15, 0.2) is 0 Å². The lowest BCUT2D eigenvalue weighted by atomic mass is 10.1. The van der Waals surface area contributed by atoms with Gasteiger partial charge in [0.2, 0.25) is 0 Å². The number of esters is 1. The molecule has 0 aliphatic rings. The van der Waals surface area contributed by atoms with Gasteiger partial charge in [0.1, 0.15) is 0 Å². The van der Waals surface area contributed by atoms with Crippen LogP contribution in [0.25, 0.3) is 6.08 Å². The Morgan fingerprint density at radius 3 is 2.44 bits per heavy atom. The van der Waals surface area contributed by atoms with Gasteiger partial charge in [-0.2, -0.15) is 0 Å². The SMILES string of the molecule is CCOC(=O)/C(C)=C/c1c(Cl)cccc1Cl. The van der Waals surface area contributed by atoms with Crippen molar-refractivity contribution in [2.75, 3.05) is 6.61 Å². The molecule has 0 N–H and O–H groups in total. The summed E-state index contributed by atoms with van der Waals surface area (Å²) in [7, 11) is 0. The van der Waals surface area contributed by atoms with Gasteiger partial charge >= 0.3 is 5.97 Å². The molecule has 0 amide bonds. The molecule has 0 bridgehead atoms. The van der Waals surface area contributed by atoms with E-state index in [0.717, 1.165) is 0 Å². The van der Waals surface area contributed by atoms with Gasteiger partial charge in [0, 0.05) is 21.2 Å². The van der Waals surface area contributed by atoms with E-state index < -0.39 is 0 Å². The van der Waals surface area contributed by atoms with Gasteiger partial charge in [-0.25, -0.2) is 4.79 Å². The number of rotatable bonds is 3. The predicted octanol–water partition coefficient (Wildman–Crippen LogP) is 3.96. The van der Waals surface area contributed by atoms with E-state index in [2.05, 4.69) is 0 Å². The fourth-order valence-corrected chi connectivity index (χ4v) is 1.68. The normalized spacial score (nSPS) is 11.4. The van der Waals surface area contributed by atoms with Crippen molar-refractivity contribution in [3.63, 3.8) is 0 Å². The molecule has 2 nitrogen and oxygen atoms in total. The van der Waals surface area contributed by atoms with Gasteiger partial charge in [-0.05, 0) is 32.1 Å². The summed E-state index contributed by atoms with van der Waals surface area (Å²) < 4.78 is 4.86. The Labute approximate surface area is 105 Å². The van der Waals surface area contributed by atoms with Crippen LogP contribution in [0.5, 0.6) is 0 Å². The zero-order chi connectivity index (χ0) is 12.1. The van der Waals surface area contributed by atoms with Crippen LogP contribution < -0.4 is 0 Å². The van der Waals surface area contributed by atoms with Crippen LogP contribution in [0.2, 0.25) is 10.0 Å². The maximum absolute atomic E-state index is 11.4. The zero-order valence-corrected chi connectivity index (χ0v) is 10.6. The summed E-state index contributed by atoms with van der Waals surface area (Å²) in [5.74, 6) is -0.363. The van der Waals surface area contributed by atoms with Crippen LogP contribution in [-0.4, -0.2) is 12.6 Å². The summed E-state index contributed by atoms with van der Waals surface area (Å²) in [5, 5.41) is 1.02. The molecule has 0 saturated heterocycles. The lowest BCUT2D eigenvalue weighted by Crippen LogP contribution is -2.04. The third kappa shape index (κ3) is 3.26. The molecule has 0 aliphatic heterocycles. The summed E-state index contributed by atoms with van der Waals surface area (Å²) in [6, 6.07) is 5.19. The molecule has 0 heterocycles. The summed E-state index contributed by atoms with van der Waals surface area (Å²) in [4.78, 5) is 11.4. The van der Waals surface area contributed by atoms with Gasteiger partial charge in [-0.3, -0.25) is 0 Å². The van der Waals surface area contributed by atoms with Gasteiger partial charge in [0.05, 0.1) is 6.61 Å². The number of benzene rings is 1. The highest BCUT2D eigenvalue weighted by molar-refractivity contribution is 6.37. The number of hydrogen-bond acceptors (Lipinski definition) is 2. The van der Waals surface area contributed by atoms with E-state index in [1.54, 1.807) is 38.1 Å². The van der Waals surface area contributed by atoms with Gasteiger partial charge in [0.25, 0.3) is 0 Å². The molecule has 0 aromatic heterocycles. The molecule has 16 heavy (non-hydrogen) atoms. The Morgan fingerprint density at radius 1 is 1.38 bits per heavy atom. The monoisotopic (exact) mass is 258 g/mol. The van der Waals surface area contributed by atoms with Crippen molar-refractivity contribution in [3.05, 3.63) is 39.4 Å². The Morgan fingerprint density at radius 2 is 1.94 bits per heavy atom. The quantitative estimate of drug-likeness (QED) is 0.606. The average Bonchev–Trinajstić information content (AvgIpc) is 2.23. The van der Waals surface area contributed by atoms with Crippen molar-refractivity contribution in [1.29, 1.82) is 0 Å². The van der Waals surface area contributed by atoms with Crippen molar-refractivity contribution in [3.8, 4) is 0 Å². The lowest BCUT2D eigenvalue weighted by Gasteiger charge is -2.04. The van der Waals surface area contributed by atoms with Crippen LogP contribution in [0, 0.1) is 0 Å². The third-order valence-electron chi connectivity index (χ3n) is 1.96. The first kappa shape index (κ1) is 13.1. The van der Waals surface area contributed by atoms with E-state index in [1.807, 2.05) is 0 Å². The molecular weight excluding hydrogens is 247 g/mol. The summed E-state index contributed by atoms with van der Waals surface area (Å²) in [5.41, 5.74) is 1.10. The molecule has 86 valence electrons. The molecule has 1 aromatic carbocycles. The predicted molar refractivity (Wildman–Crippen MR) is 66.7 cm³/mol. The molecule has 1 aromatic rings. The number of carbonyl (C=O) groups excluding carboxylic acids is 1. The highest BCUT2D eigenvalue weighted by atomic mass is 35.5. The number of halogens is 2. The van der Waals surface area contributed by atoms with E-state index in [9.17, 15) is 4.79 Å². The van der Waals surface area contributed by atoms with E-state index in [-0.39, 0.29) is 5.97 Å². The third-order valence-corrected chi connectivity index (χ3v) is 2.62. The number of ether oxygens (including phenoxy) is 1. The summed E-state index contributed by atoms with van der Waals surface area (Å²) >= 11 is 11.9. The van der Waals surface area contributed by atoms with Crippen molar-refractivity contribution >= 4 is 35.2 Å². The van der Waals surface area contributed by atoms with Crippen molar-refractivity contribution in [1.82, 2.24) is 0 Å². The minimum Gasteiger partial charge on any atom is -0.463 e. The van der Waals surface area contributed by atoms with E-state index >= 15 is 0 Å². The minimum atomic E-state index is -0.363. The Kier molecular flexibility index (Phi) is 4.84. The second kappa shape index (κ2) is 5.92. The largest absolute Gasteiger partial charge is 0.463 e. The molecule has 0 unspecified atom stereocenters. The van der Waals surface area contributed by atoms with Crippen LogP contribution in [0.4, 0.5) is 0 Å². The molecule has 1 rings (SSSR count). The van der Waals surface area contributed by atoms with Crippen molar-refractivity contribution in [2.45, 2.75) is 13.8 Å². The van der Waals surface area contributed by atoms with Gasteiger partial charge in [-0.15, -0.1) is 0 Å². The molecule has 0 saturated carbocycles. The van der Waals surface area contributed by atoms with Gasteiger partial charge < -0.3 is 4.74 Å². The van der Waals surface area contributed by atoms with Crippen LogP contribution in [0.1, 0.15) is 19.4 Å². The first-order chi connectivity index (χ1) is 7.56. The fourth-order valence-electron chi connectivity index (χ4n) is 1.17. The second-order valence-corrected chi connectivity index (χ2v) is 4.00. The highest BCUT2D eigenvalue weighted by Gasteiger charge is 2.08. The van der Waals surface area contributed by atoms with Crippen LogP contribution >= 0.6 is 23.2 Å². The van der Waals surface area contributed by atoms with Crippen LogP contribution in [0.15, 0.2) is 23.8 Å². The topological polar surface area (TPSA) is 26.3 Å². The standard InChI is InChI=1S/C12H12Cl2O2/c1-3-16-12(15)8(2)7-9-10(13)5-4-6-11(9)14/h4-7H,3H2,1-2H3/b8-7+. The van der Waals surface area contributed by atoms with E-state index in [4.69, 9.17) is 27.9 Å². The molecule has 0 radical (unpaired) electrons. The maximum atomic E-state index is 11.4. The second-order valence-electron chi connectivity index (χ2n) is 3.18. The molecular formula is C12H12Cl2O2. The molecule has 0 spiro atoms. The lowest BCUT2D eigenvalue weighted by molar-refractivity contribution is -0.138. The Bertz CT molecular complexity index is 405. The zero-order valence-electron chi connectivity index (χ0n) is 9.09. The maximum Gasteiger partial charge on any atom is 0.333 e. The summed E-state index contributed by atoms with van der Waals surface area (Å²) in [6.45, 7) is 3.77. The molecule has 0 fully saturated rings. The first-order valence-corrected chi connectivity index (χ1v) is 5.61. The van der Waals surface area contributed by atoms with Crippen LogP contribution in [-0.2, 0) is 9.53 Å². The molecule has 4 heteroatoms. The van der Waals surface area contributed by atoms with E-state index in [0.29, 0.717) is 27.8 Å².